The number of primary amides is 1. The number of aliphatic hydroxyl groups excluding tert-OH is 3. The smallest absolute Gasteiger partial charge is 0.335 e. The fourth-order valence-electron chi connectivity index (χ4n) is 6.16. The number of fused-ring (bicyclic) bond motifs is 1. The van der Waals surface area contributed by atoms with E-state index >= 15 is 0 Å². The first-order chi connectivity index (χ1) is 23.6. The van der Waals surface area contributed by atoms with Gasteiger partial charge in [-0.2, -0.15) is 0 Å². The number of phenolic OH excluding ortho intramolecular Hbond substituents is 1. The van der Waals surface area contributed by atoms with E-state index in [1.54, 1.807) is 6.21 Å². The van der Waals surface area contributed by atoms with Gasteiger partial charge in [0.05, 0.1) is 17.7 Å². The zero-order chi connectivity index (χ0) is 36.5. The summed E-state index contributed by atoms with van der Waals surface area (Å²) in [5.41, 5.74) is 0.321. The SMILES string of the molecule is CC(C)[C@H](CN[C@H](O)[C@]1(O)[C@H](Oc2ccc3c(c2)OC(C(N)=O)C(c2ccc(O)cc2)=C3O)O[C@H](C(=O)O)[C@@H](O)[C@@]1(O)C=O)CC1=CCN=C1. The van der Waals surface area contributed by atoms with Crippen LogP contribution in [-0.2, 0) is 19.1 Å². The van der Waals surface area contributed by atoms with Crippen LogP contribution in [0.2, 0.25) is 0 Å². The van der Waals surface area contributed by atoms with E-state index in [4.69, 9.17) is 19.9 Å². The van der Waals surface area contributed by atoms with Crippen molar-refractivity contribution in [1.29, 1.82) is 0 Å². The maximum absolute atomic E-state index is 12.4. The number of rotatable bonds is 13. The number of aldehydes is 1. The molecule has 0 bridgehead atoms. The van der Waals surface area contributed by atoms with Gasteiger partial charge in [0.2, 0.25) is 18.0 Å². The van der Waals surface area contributed by atoms with E-state index in [1.807, 2.05) is 19.9 Å². The molecular formula is C34H39N3O13. The molecule has 1 amide bonds. The van der Waals surface area contributed by atoms with Crippen LogP contribution < -0.4 is 20.5 Å². The number of allylic oxidation sites excluding steroid dienone is 1. The molecule has 0 aliphatic carbocycles. The fraction of sp³-hybridized carbons (Fsp3) is 0.412. The van der Waals surface area contributed by atoms with Crippen LogP contribution in [-0.4, -0.2) is 115 Å². The van der Waals surface area contributed by atoms with Gasteiger partial charge in [-0.3, -0.25) is 19.9 Å². The molecule has 16 nitrogen and oxygen atoms in total. The largest absolute Gasteiger partial charge is 0.508 e. The maximum Gasteiger partial charge on any atom is 0.335 e. The number of aliphatic imine (C=N–C) groups is 1. The molecule has 268 valence electrons. The molecule has 3 heterocycles. The molecule has 3 aliphatic heterocycles. The van der Waals surface area contributed by atoms with Crippen molar-refractivity contribution in [3.05, 3.63) is 65.2 Å². The van der Waals surface area contributed by atoms with E-state index in [2.05, 4.69) is 10.3 Å². The van der Waals surface area contributed by atoms with Crippen LogP contribution in [0.1, 0.15) is 31.4 Å². The number of phenols is 1. The summed E-state index contributed by atoms with van der Waals surface area (Å²) in [6.07, 6.45) is -7.09. The highest BCUT2D eigenvalue weighted by Gasteiger charge is 2.71. The summed E-state index contributed by atoms with van der Waals surface area (Å²) in [6.45, 7) is 4.41. The number of nitrogens with one attached hydrogen (secondary N) is 1. The highest BCUT2D eigenvalue weighted by Crippen LogP contribution is 2.44. The quantitative estimate of drug-likeness (QED) is 0.0974. The topological polar surface area (TPSA) is 271 Å². The molecule has 3 aliphatic rings. The van der Waals surface area contributed by atoms with Crippen LogP contribution in [0.5, 0.6) is 17.2 Å². The van der Waals surface area contributed by atoms with Gasteiger partial charge in [0.25, 0.3) is 5.91 Å². The van der Waals surface area contributed by atoms with Crippen molar-refractivity contribution >= 4 is 35.7 Å². The van der Waals surface area contributed by atoms with Gasteiger partial charge in [0, 0.05) is 18.8 Å². The number of ether oxygens (including phenoxy) is 3. The van der Waals surface area contributed by atoms with E-state index in [1.165, 1.54) is 36.4 Å². The first kappa shape index (κ1) is 36.4. The lowest BCUT2D eigenvalue weighted by molar-refractivity contribution is -0.359. The summed E-state index contributed by atoms with van der Waals surface area (Å²) in [6, 6.07) is 9.20. The molecule has 5 rings (SSSR count). The number of hydrogen-bond acceptors (Lipinski definition) is 14. The Morgan fingerprint density at radius 1 is 1.16 bits per heavy atom. The molecule has 2 aromatic carbocycles. The third kappa shape index (κ3) is 6.56. The van der Waals surface area contributed by atoms with Crippen molar-refractivity contribution in [2.45, 2.75) is 62.3 Å². The number of benzene rings is 2. The molecule has 1 fully saturated rings. The number of amides is 1. The molecular weight excluding hydrogens is 658 g/mol. The molecule has 0 saturated carbocycles. The van der Waals surface area contributed by atoms with Gasteiger partial charge in [-0.25, -0.2) is 4.79 Å². The highest BCUT2D eigenvalue weighted by atomic mass is 16.7. The van der Waals surface area contributed by atoms with Crippen molar-refractivity contribution in [2.75, 3.05) is 13.1 Å². The van der Waals surface area contributed by atoms with Crippen LogP contribution in [0, 0.1) is 11.8 Å². The second kappa shape index (κ2) is 14.2. The van der Waals surface area contributed by atoms with Gasteiger partial charge >= 0.3 is 5.97 Å². The predicted molar refractivity (Wildman–Crippen MR) is 175 cm³/mol. The first-order valence-electron chi connectivity index (χ1n) is 15.7. The van der Waals surface area contributed by atoms with Gasteiger partial charge < -0.3 is 55.7 Å². The lowest BCUT2D eigenvalue weighted by atomic mass is 9.73. The van der Waals surface area contributed by atoms with Gasteiger partial charge in [0.1, 0.15) is 35.3 Å². The highest BCUT2D eigenvalue weighted by molar-refractivity contribution is 6.03. The number of carboxylic acid groups (broad SMARTS) is 1. The zero-order valence-electron chi connectivity index (χ0n) is 27.0. The number of carbonyl (C=O) groups is 3. The van der Waals surface area contributed by atoms with Crippen molar-refractivity contribution in [3.8, 4) is 17.2 Å². The summed E-state index contributed by atoms with van der Waals surface area (Å²) in [5, 5.41) is 78.9. The minimum Gasteiger partial charge on any atom is -0.508 e. The Labute approximate surface area is 285 Å². The van der Waals surface area contributed by atoms with Gasteiger partial charge in [0.15, 0.2) is 18.0 Å². The second-order valence-corrected chi connectivity index (χ2v) is 12.7. The number of carbonyl (C=O) groups excluding carboxylic acids is 2. The van der Waals surface area contributed by atoms with Crippen LogP contribution in [0.15, 0.2) is 59.1 Å². The number of aliphatic hydroxyl groups is 5. The Balaban J connectivity index is 1.50. The third-order valence-corrected chi connectivity index (χ3v) is 9.23. The van der Waals surface area contributed by atoms with E-state index in [-0.39, 0.29) is 53.1 Å². The Kier molecular flexibility index (Phi) is 10.3. The summed E-state index contributed by atoms with van der Waals surface area (Å²) in [4.78, 5) is 41.1. The lowest BCUT2D eigenvalue weighted by Gasteiger charge is -2.53. The molecule has 1 unspecified atom stereocenters. The molecule has 0 radical (unpaired) electrons. The van der Waals surface area contributed by atoms with E-state index in [9.17, 15) is 50.1 Å². The molecule has 8 atom stereocenters. The van der Waals surface area contributed by atoms with Crippen LogP contribution >= 0.6 is 0 Å². The fourth-order valence-corrected chi connectivity index (χ4v) is 6.16. The first-order valence-corrected chi connectivity index (χ1v) is 15.7. The average Bonchev–Trinajstić information content (AvgIpc) is 3.60. The van der Waals surface area contributed by atoms with Crippen molar-refractivity contribution in [2.24, 2.45) is 22.6 Å². The van der Waals surface area contributed by atoms with Crippen LogP contribution in [0.4, 0.5) is 0 Å². The zero-order valence-corrected chi connectivity index (χ0v) is 27.0. The maximum atomic E-state index is 12.4. The molecule has 16 heteroatoms. The number of nitrogens with zero attached hydrogens (tertiary/aromatic N) is 1. The third-order valence-electron chi connectivity index (χ3n) is 9.23. The molecule has 0 aromatic heterocycles. The predicted octanol–water partition coefficient (Wildman–Crippen LogP) is -0.144. The van der Waals surface area contributed by atoms with Crippen molar-refractivity contribution in [3.63, 3.8) is 0 Å². The average molecular weight is 698 g/mol. The number of hydrogen-bond donors (Lipinski definition) is 9. The molecule has 1 saturated heterocycles. The van der Waals surface area contributed by atoms with Gasteiger partial charge in [-0.15, -0.1) is 0 Å². The van der Waals surface area contributed by atoms with Crippen LogP contribution in [0.3, 0.4) is 0 Å². The van der Waals surface area contributed by atoms with Gasteiger partial charge in [-0.1, -0.05) is 32.1 Å². The monoisotopic (exact) mass is 697 g/mol. The summed E-state index contributed by atoms with van der Waals surface area (Å²) >= 11 is 0. The van der Waals surface area contributed by atoms with Crippen molar-refractivity contribution in [1.82, 2.24) is 5.32 Å². The Hall–Kier alpha value is -4.84. The minimum absolute atomic E-state index is 0.00315. The number of aliphatic carboxylic acids is 1. The van der Waals surface area contributed by atoms with Crippen molar-refractivity contribution < 1.29 is 64.3 Å². The summed E-state index contributed by atoms with van der Waals surface area (Å²) in [5.74, 6) is -3.82. The molecule has 0 spiro atoms. The number of carboxylic acids is 1. The standard InChI is InChI=1S/C34H39N3O13/c1-16(2)19(11-17-9-10-36-13-17)14-37-31(45)34(47)32(50-27(30(43)44)28(41)33(34,46)15-38)48-21-7-8-22-23(12-21)49-26(29(35)42)24(25(22)40)18-3-5-20(39)6-4-18/h3-9,12-13,15-16,19,26-28,31-32,37,39-41,45-47H,10-11,14H2,1-2H3,(H2,35,42)(H,43,44)/t19-,26?,27-,28+,31+,32+,33-,34-/m0/s1. The molecule has 2 aromatic rings. The molecule has 10 N–H and O–H groups in total. The Bertz CT molecular complexity index is 1720. The number of nitrogens with two attached hydrogens (primary N) is 1. The number of aromatic hydroxyl groups is 1. The Morgan fingerprint density at radius 2 is 1.86 bits per heavy atom. The Morgan fingerprint density at radius 3 is 2.44 bits per heavy atom. The van der Waals surface area contributed by atoms with E-state index in [0.29, 0.717) is 18.5 Å². The minimum atomic E-state index is -3.36. The van der Waals surface area contributed by atoms with E-state index in [0.717, 1.165) is 11.6 Å². The second-order valence-electron chi connectivity index (χ2n) is 12.7. The van der Waals surface area contributed by atoms with Gasteiger partial charge in [-0.05, 0) is 53.7 Å². The normalized spacial score (nSPS) is 28.7. The molecule has 50 heavy (non-hydrogen) atoms. The lowest BCUT2D eigenvalue weighted by Crippen LogP contribution is -2.82. The van der Waals surface area contributed by atoms with E-state index < -0.39 is 59.7 Å². The van der Waals surface area contributed by atoms with Crippen LogP contribution in [0.25, 0.3) is 11.3 Å². The summed E-state index contributed by atoms with van der Waals surface area (Å²) in [7, 11) is 0. The summed E-state index contributed by atoms with van der Waals surface area (Å²) < 4.78 is 17.0.